The van der Waals surface area contributed by atoms with Crippen molar-refractivity contribution < 1.29 is 18.3 Å². The van der Waals surface area contributed by atoms with E-state index >= 15 is 0 Å². The highest BCUT2D eigenvalue weighted by Gasteiger charge is 2.22. The van der Waals surface area contributed by atoms with Crippen molar-refractivity contribution in [1.29, 1.82) is 0 Å². The zero-order valence-corrected chi connectivity index (χ0v) is 22.3. The van der Waals surface area contributed by atoms with Crippen molar-refractivity contribution in [2.75, 3.05) is 10.6 Å². The Morgan fingerprint density at radius 1 is 1.02 bits per heavy atom. The third-order valence-corrected chi connectivity index (χ3v) is 6.23. The van der Waals surface area contributed by atoms with Crippen LogP contribution in [0.3, 0.4) is 0 Å². The second-order valence-electron chi connectivity index (χ2n) is 10.3. The Morgan fingerprint density at radius 3 is 2.66 bits per heavy atom. The molecule has 4 heterocycles. The van der Waals surface area contributed by atoms with Crippen molar-refractivity contribution in [3.05, 3.63) is 91.1 Å². The molecule has 0 radical (unpaired) electrons. The number of aromatic nitrogens is 6. The summed E-state index contributed by atoms with van der Waals surface area (Å²) >= 11 is 0. The fraction of sp³-hybridized carbons (Fsp3) is 0.138. The van der Waals surface area contributed by atoms with E-state index in [0.29, 0.717) is 34.0 Å². The van der Waals surface area contributed by atoms with Gasteiger partial charge in [0, 0.05) is 41.6 Å². The number of ether oxygens (including phenoxy) is 1. The fourth-order valence-corrected chi connectivity index (χ4v) is 4.10. The predicted molar refractivity (Wildman–Crippen MR) is 151 cm³/mol. The van der Waals surface area contributed by atoms with Gasteiger partial charge in [-0.2, -0.15) is 10.2 Å². The number of nitrogens with one attached hydrogen (secondary N) is 3. The number of aromatic amines is 1. The van der Waals surface area contributed by atoms with Crippen LogP contribution in [0, 0.1) is 5.82 Å². The van der Waals surface area contributed by atoms with Gasteiger partial charge in [-0.25, -0.2) is 18.9 Å². The molecule has 0 unspecified atom stereocenters. The summed E-state index contributed by atoms with van der Waals surface area (Å²) in [5.74, 6) is 0.471. The van der Waals surface area contributed by atoms with Crippen molar-refractivity contribution in [2.45, 2.75) is 26.2 Å². The molecule has 12 heteroatoms. The topological polar surface area (TPSA) is 136 Å². The minimum atomic E-state index is -0.665. The third-order valence-electron chi connectivity index (χ3n) is 6.23. The molecule has 6 aromatic rings. The van der Waals surface area contributed by atoms with Crippen LogP contribution >= 0.6 is 0 Å². The maximum absolute atomic E-state index is 15.0. The number of halogens is 1. The van der Waals surface area contributed by atoms with E-state index in [-0.39, 0.29) is 16.9 Å². The van der Waals surface area contributed by atoms with Gasteiger partial charge in [0.05, 0.1) is 29.0 Å². The van der Waals surface area contributed by atoms with Gasteiger partial charge in [-0.1, -0.05) is 20.8 Å². The molecule has 0 saturated heterocycles. The first-order chi connectivity index (χ1) is 19.7. The SMILES string of the molecule is CC(C)(C)c1cc(NC(=O)Nc2ccc(Oc3ccnc(-c4cn[nH]c4)c3)cc2F)n(-c2ccc3ocnc3c2)n1. The number of H-pyrrole nitrogens is 1. The molecule has 2 aromatic carbocycles. The van der Waals surface area contributed by atoms with E-state index in [1.54, 1.807) is 59.7 Å². The number of fused-ring (bicyclic) bond motifs is 1. The van der Waals surface area contributed by atoms with Crippen molar-refractivity contribution in [1.82, 2.24) is 29.9 Å². The number of carbonyl (C=O) groups is 1. The zero-order valence-electron chi connectivity index (χ0n) is 22.3. The van der Waals surface area contributed by atoms with E-state index in [1.165, 1.54) is 18.5 Å². The zero-order chi connectivity index (χ0) is 28.6. The monoisotopic (exact) mass is 552 g/mol. The normalized spacial score (nSPS) is 11.5. The molecule has 6 rings (SSSR count). The number of nitrogens with zero attached hydrogens (tertiary/aromatic N) is 5. The van der Waals surface area contributed by atoms with E-state index in [1.807, 2.05) is 26.8 Å². The first-order valence-corrected chi connectivity index (χ1v) is 12.7. The van der Waals surface area contributed by atoms with Crippen LogP contribution < -0.4 is 15.4 Å². The van der Waals surface area contributed by atoms with Gasteiger partial charge in [0.25, 0.3) is 0 Å². The molecular formula is C29H25FN8O3. The quantitative estimate of drug-likeness (QED) is 0.210. The number of rotatable bonds is 6. The van der Waals surface area contributed by atoms with E-state index in [4.69, 9.17) is 14.3 Å². The Hall–Kier alpha value is -5.52. The summed E-state index contributed by atoms with van der Waals surface area (Å²) in [4.78, 5) is 21.5. The van der Waals surface area contributed by atoms with Gasteiger partial charge in [0.15, 0.2) is 12.0 Å². The van der Waals surface area contributed by atoms with Crippen LogP contribution in [0.2, 0.25) is 0 Å². The summed E-state index contributed by atoms with van der Waals surface area (Å²) in [6.07, 6.45) is 6.31. The summed E-state index contributed by atoms with van der Waals surface area (Å²) in [6.45, 7) is 6.06. The summed E-state index contributed by atoms with van der Waals surface area (Å²) < 4.78 is 27.7. The number of carbonyl (C=O) groups excluding carboxylic acids is 1. The van der Waals surface area contributed by atoms with Crippen LogP contribution in [0.15, 0.2) is 84.0 Å². The maximum atomic E-state index is 15.0. The van der Waals surface area contributed by atoms with Crippen molar-refractivity contribution >= 4 is 28.6 Å². The molecule has 0 aliphatic rings. The molecule has 0 aliphatic carbocycles. The molecule has 0 spiro atoms. The van der Waals surface area contributed by atoms with E-state index in [9.17, 15) is 9.18 Å². The van der Waals surface area contributed by atoms with Crippen LogP contribution in [0.1, 0.15) is 26.5 Å². The average molecular weight is 553 g/mol. The standard InChI is InChI=1S/C29H25FN8O3/c1-29(2,3)26-13-27(38(37-26)18-4-7-25-24(10-18)32-16-40-25)36-28(39)35-22-6-5-19(11-21(22)30)41-20-8-9-31-23(12-20)17-14-33-34-15-17/h4-16H,1-3H3,(H,33,34)(H2,35,36,39). The van der Waals surface area contributed by atoms with Crippen LogP contribution in [-0.2, 0) is 5.41 Å². The Morgan fingerprint density at radius 2 is 1.88 bits per heavy atom. The van der Waals surface area contributed by atoms with Gasteiger partial charge < -0.3 is 14.5 Å². The number of oxazole rings is 1. The highest BCUT2D eigenvalue weighted by atomic mass is 19.1. The number of anilines is 2. The highest BCUT2D eigenvalue weighted by Crippen LogP contribution is 2.30. The number of hydrogen-bond donors (Lipinski definition) is 3. The van der Waals surface area contributed by atoms with Gasteiger partial charge in [0.1, 0.15) is 28.7 Å². The minimum Gasteiger partial charge on any atom is -0.457 e. The first kappa shape index (κ1) is 25.7. The number of urea groups is 1. The lowest BCUT2D eigenvalue weighted by molar-refractivity contribution is 0.262. The number of hydrogen-bond acceptors (Lipinski definition) is 7. The van der Waals surface area contributed by atoms with Gasteiger partial charge in [0.2, 0.25) is 0 Å². The molecule has 0 fully saturated rings. The average Bonchev–Trinajstić information content (AvgIpc) is 3.71. The number of pyridine rings is 1. The van der Waals surface area contributed by atoms with Crippen molar-refractivity contribution in [2.24, 2.45) is 0 Å². The molecule has 2 amide bonds. The van der Waals surface area contributed by atoms with Crippen LogP contribution in [0.4, 0.5) is 20.7 Å². The molecule has 4 aromatic heterocycles. The van der Waals surface area contributed by atoms with Crippen molar-refractivity contribution in [3.63, 3.8) is 0 Å². The molecule has 11 nitrogen and oxygen atoms in total. The van der Waals surface area contributed by atoms with Crippen LogP contribution in [0.25, 0.3) is 28.0 Å². The van der Waals surface area contributed by atoms with Crippen LogP contribution in [0.5, 0.6) is 11.5 Å². The van der Waals surface area contributed by atoms with Gasteiger partial charge in [-0.15, -0.1) is 0 Å². The highest BCUT2D eigenvalue weighted by molar-refractivity contribution is 5.99. The fourth-order valence-electron chi connectivity index (χ4n) is 4.10. The lowest BCUT2D eigenvalue weighted by atomic mass is 9.92. The molecule has 41 heavy (non-hydrogen) atoms. The molecule has 3 N–H and O–H groups in total. The molecule has 0 saturated carbocycles. The van der Waals surface area contributed by atoms with Crippen molar-refractivity contribution in [3.8, 4) is 28.4 Å². The molecule has 0 bridgehead atoms. The summed E-state index contributed by atoms with van der Waals surface area (Å²) in [6, 6.07) is 14.1. The summed E-state index contributed by atoms with van der Waals surface area (Å²) in [5.41, 5.74) is 3.86. The van der Waals surface area contributed by atoms with Gasteiger partial charge in [-0.3, -0.25) is 15.4 Å². The smallest absolute Gasteiger partial charge is 0.324 e. The molecule has 0 atom stereocenters. The van der Waals surface area contributed by atoms with Gasteiger partial charge in [-0.05, 0) is 36.4 Å². The summed E-state index contributed by atoms with van der Waals surface area (Å²) in [7, 11) is 0. The van der Waals surface area contributed by atoms with E-state index < -0.39 is 11.8 Å². The predicted octanol–water partition coefficient (Wildman–Crippen LogP) is 6.67. The largest absolute Gasteiger partial charge is 0.457 e. The summed E-state index contributed by atoms with van der Waals surface area (Å²) in [5, 5.41) is 16.7. The Bertz CT molecular complexity index is 1850. The first-order valence-electron chi connectivity index (χ1n) is 12.7. The number of amides is 2. The second-order valence-corrected chi connectivity index (χ2v) is 10.3. The van der Waals surface area contributed by atoms with Crippen LogP contribution in [-0.4, -0.2) is 36.0 Å². The van der Waals surface area contributed by atoms with E-state index in [2.05, 4.69) is 30.8 Å². The Labute approximate surface area is 233 Å². The lowest BCUT2D eigenvalue weighted by Gasteiger charge is -2.14. The number of benzene rings is 2. The molecular weight excluding hydrogens is 527 g/mol. The van der Waals surface area contributed by atoms with E-state index in [0.717, 1.165) is 11.3 Å². The Kier molecular flexibility index (Phi) is 6.42. The third kappa shape index (κ3) is 5.48. The minimum absolute atomic E-state index is 0.0187. The lowest BCUT2D eigenvalue weighted by Crippen LogP contribution is -2.22. The second kappa shape index (κ2) is 10.2. The Balaban J connectivity index is 1.19. The molecule has 206 valence electrons. The van der Waals surface area contributed by atoms with Gasteiger partial charge >= 0.3 is 6.03 Å². The molecule has 0 aliphatic heterocycles. The maximum Gasteiger partial charge on any atom is 0.324 e.